The largest absolute Gasteiger partial charge is 0.460 e. The van der Waals surface area contributed by atoms with Crippen LogP contribution in [0.5, 0.6) is 0 Å². The molecule has 5 heteroatoms. The topological polar surface area (TPSA) is 87.0 Å². The second-order valence-corrected chi connectivity index (χ2v) is 6.56. The predicted octanol–water partition coefficient (Wildman–Crippen LogP) is 2.47. The molecule has 0 fully saturated rings. The molecule has 0 amide bonds. The van der Waals surface area contributed by atoms with Gasteiger partial charge in [0.1, 0.15) is 12.2 Å². The van der Waals surface area contributed by atoms with Crippen LogP contribution in [0.3, 0.4) is 0 Å². The molecule has 1 aliphatic heterocycles. The summed E-state index contributed by atoms with van der Waals surface area (Å²) in [6, 6.07) is 0. The fourth-order valence-corrected chi connectivity index (χ4v) is 2.83. The number of aliphatic hydroxyl groups is 3. The van der Waals surface area contributed by atoms with Crippen molar-refractivity contribution in [2.75, 3.05) is 0 Å². The van der Waals surface area contributed by atoms with Gasteiger partial charge in [-0.1, -0.05) is 44.9 Å². The van der Waals surface area contributed by atoms with E-state index in [1.165, 1.54) is 25.3 Å². The Morgan fingerprint density at radius 1 is 0.913 bits per heavy atom. The molecule has 0 aromatic heterocycles. The summed E-state index contributed by atoms with van der Waals surface area (Å²) in [4.78, 5) is 11.7. The fraction of sp³-hybridized carbons (Fsp3) is 0.833. The lowest BCUT2D eigenvalue weighted by molar-refractivity contribution is -0.142. The Hall–Kier alpha value is -0.910. The van der Waals surface area contributed by atoms with Crippen molar-refractivity contribution in [1.82, 2.24) is 0 Å². The number of cyclic esters (lactones) is 1. The molecular formula is C18H32O5. The van der Waals surface area contributed by atoms with Crippen LogP contribution in [-0.2, 0) is 9.53 Å². The van der Waals surface area contributed by atoms with E-state index in [1.807, 2.05) is 6.92 Å². The van der Waals surface area contributed by atoms with Crippen molar-refractivity contribution in [1.29, 1.82) is 0 Å². The number of hydrogen-bond acceptors (Lipinski definition) is 5. The Bertz CT molecular complexity index is 355. The molecule has 4 atom stereocenters. The maximum Gasteiger partial charge on any atom is 0.330 e. The van der Waals surface area contributed by atoms with Crippen molar-refractivity contribution in [3.8, 4) is 0 Å². The van der Waals surface area contributed by atoms with E-state index in [4.69, 9.17) is 4.74 Å². The van der Waals surface area contributed by atoms with Gasteiger partial charge in [0.05, 0.1) is 12.2 Å². The van der Waals surface area contributed by atoms with E-state index in [-0.39, 0.29) is 6.10 Å². The van der Waals surface area contributed by atoms with E-state index < -0.39 is 24.3 Å². The Morgan fingerprint density at radius 3 is 2.04 bits per heavy atom. The molecule has 1 rings (SSSR count). The third kappa shape index (κ3) is 9.08. The first-order valence-electron chi connectivity index (χ1n) is 8.93. The molecular weight excluding hydrogens is 296 g/mol. The van der Waals surface area contributed by atoms with Gasteiger partial charge < -0.3 is 20.1 Å². The minimum atomic E-state index is -1.28. The molecule has 0 aliphatic carbocycles. The molecule has 4 unspecified atom stereocenters. The Morgan fingerprint density at radius 2 is 1.43 bits per heavy atom. The summed E-state index contributed by atoms with van der Waals surface area (Å²) in [5.74, 6) is -0.528. The van der Waals surface area contributed by atoms with Gasteiger partial charge in [-0.3, -0.25) is 0 Å². The quantitative estimate of drug-likeness (QED) is 0.595. The molecule has 0 spiro atoms. The van der Waals surface area contributed by atoms with E-state index in [0.717, 1.165) is 44.6 Å². The fourth-order valence-electron chi connectivity index (χ4n) is 2.83. The third-order valence-electron chi connectivity index (χ3n) is 4.35. The lowest BCUT2D eigenvalue weighted by Gasteiger charge is -2.21. The number of rotatable bonds is 0. The maximum absolute atomic E-state index is 11.7. The van der Waals surface area contributed by atoms with Crippen LogP contribution in [0.15, 0.2) is 12.2 Å². The molecule has 3 N–H and O–H groups in total. The van der Waals surface area contributed by atoms with Crippen molar-refractivity contribution < 1.29 is 24.9 Å². The first-order valence-corrected chi connectivity index (χ1v) is 8.93. The molecule has 23 heavy (non-hydrogen) atoms. The molecule has 5 nitrogen and oxygen atoms in total. The van der Waals surface area contributed by atoms with E-state index in [9.17, 15) is 20.1 Å². The Labute approximate surface area is 139 Å². The van der Waals surface area contributed by atoms with Crippen LogP contribution in [0.1, 0.15) is 71.1 Å². The number of carbonyl (C=O) groups excluding carboxylic acids is 1. The number of carbonyl (C=O) groups is 1. The summed E-state index contributed by atoms with van der Waals surface area (Å²) >= 11 is 0. The second-order valence-electron chi connectivity index (χ2n) is 6.56. The lowest BCUT2D eigenvalue weighted by atomic mass is 10.00. The maximum atomic E-state index is 11.7. The molecule has 0 aromatic rings. The van der Waals surface area contributed by atoms with Crippen molar-refractivity contribution in [3.05, 3.63) is 12.2 Å². The normalized spacial score (nSPS) is 34.9. The summed E-state index contributed by atoms with van der Waals surface area (Å²) < 4.78 is 5.23. The average Bonchev–Trinajstić information content (AvgIpc) is 2.52. The summed E-state index contributed by atoms with van der Waals surface area (Å²) in [7, 11) is 0. The highest BCUT2D eigenvalue weighted by Gasteiger charge is 2.22. The first-order chi connectivity index (χ1) is 11.0. The smallest absolute Gasteiger partial charge is 0.330 e. The van der Waals surface area contributed by atoms with E-state index in [0.29, 0.717) is 6.42 Å². The van der Waals surface area contributed by atoms with Crippen molar-refractivity contribution in [3.63, 3.8) is 0 Å². The highest BCUT2D eigenvalue weighted by molar-refractivity contribution is 5.82. The van der Waals surface area contributed by atoms with Crippen molar-refractivity contribution in [2.45, 2.75) is 95.5 Å². The van der Waals surface area contributed by atoms with Crippen LogP contribution in [0.4, 0.5) is 0 Å². The molecule has 134 valence electrons. The van der Waals surface area contributed by atoms with Gasteiger partial charge in [0.25, 0.3) is 0 Å². The summed E-state index contributed by atoms with van der Waals surface area (Å²) in [5, 5.41) is 29.6. The van der Waals surface area contributed by atoms with Gasteiger partial charge in [0, 0.05) is 6.08 Å². The molecule has 0 saturated heterocycles. The van der Waals surface area contributed by atoms with Gasteiger partial charge in [-0.25, -0.2) is 4.79 Å². The Kier molecular flexibility index (Phi) is 10.2. The highest BCUT2D eigenvalue weighted by atomic mass is 16.5. The standard InChI is InChI=1S/C18H32O5/c1-14-10-8-6-4-2-3-5-7-9-11-15(19)18(22)16(20)12-13-17(21)23-14/h12-16,18-20,22H,2-11H2,1H3/b13-12+. The van der Waals surface area contributed by atoms with Crippen LogP contribution >= 0.6 is 0 Å². The first kappa shape index (κ1) is 20.1. The van der Waals surface area contributed by atoms with Crippen LogP contribution < -0.4 is 0 Å². The van der Waals surface area contributed by atoms with Gasteiger partial charge in [0.15, 0.2) is 0 Å². The monoisotopic (exact) mass is 328 g/mol. The average molecular weight is 328 g/mol. The number of ether oxygens (including phenoxy) is 1. The SMILES string of the molecule is CC1CCCCCCCCCCC(O)C(O)C(O)/C=C/C(=O)O1. The molecule has 1 aliphatic rings. The van der Waals surface area contributed by atoms with Crippen LogP contribution in [-0.4, -0.2) is 45.7 Å². The number of esters is 1. The summed E-state index contributed by atoms with van der Waals surface area (Å²) in [5.41, 5.74) is 0. The van der Waals surface area contributed by atoms with E-state index in [1.54, 1.807) is 0 Å². The van der Waals surface area contributed by atoms with E-state index in [2.05, 4.69) is 0 Å². The predicted molar refractivity (Wildman–Crippen MR) is 88.9 cm³/mol. The van der Waals surface area contributed by atoms with Crippen LogP contribution in [0, 0.1) is 0 Å². The molecule has 0 radical (unpaired) electrons. The van der Waals surface area contributed by atoms with Crippen LogP contribution in [0.2, 0.25) is 0 Å². The van der Waals surface area contributed by atoms with Crippen molar-refractivity contribution >= 4 is 5.97 Å². The van der Waals surface area contributed by atoms with Gasteiger partial charge in [-0.05, 0) is 32.3 Å². The van der Waals surface area contributed by atoms with E-state index >= 15 is 0 Å². The molecule has 0 saturated carbocycles. The molecule has 1 heterocycles. The number of hydrogen-bond donors (Lipinski definition) is 3. The van der Waals surface area contributed by atoms with Crippen molar-refractivity contribution in [2.24, 2.45) is 0 Å². The van der Waals surface area contributed by atoms with Gasteiger partial charge in [-0.15, -0.1) is 0 Å². The minimum Gasteiger partial charge on any atom is -0.460 e. The summed E-state index contributed by atoms with van der Waals surface area (Å²) in [6.45, 7) is 1.86. The van der Waals surface area contributed by atoms with Gasteiger partial charge >= 0.3 is 5.97 Å². The second kappa shape index (κ2) is 11.6. The minimum absolute atomic E-state index is 0.154. The van der Waals surface area contributed by atoms with Gasteiger partial charge in [-0.2, -0.15) is 0 Å². The highest BCUT2D eigenvalue weighted by Crippen LogP contribution is 2.15. The zero-order valence-electron chi connectivity index (χ0n) is 14.2. The zero-order chi connectivity index (χ0) is 17.1. The number of aliphatic hydroxyl groups excluding tert-OH is 3. The molecule has 0 aromatic carbocycles. The molecule has 0 bridgehead atoms. The van der Waals surface area contributed by atoms with Gasteiger partial charge in [0.2, 0.25) is 0 Å². The summed E-state index contributed by atoms with van der Waals surface area (Å²) in [6.07, 6.45) is 8.70. The zero-order valence-corrected chi connectivity index (χ0v) is 14.2. The van der Waals surface area contributed by atoms with Crippen LogP contribution in [0.25, 0.3) is 0 Å². The Balaban J connectivity index is 2.55. The third-order valence-corrected chi connectivity index (χ3v) is 4.35. The lowest BCUT2D eigenvalue weighted by Crippen LogP contribution is -2.36.